The average molecular weight is 586 g/mol. The largest absolute Gasteiger partial charge is 0.453 e. The van der Waals surface area contributed by atoms with Gasteiger partial charge in [-0.1, -0.05) is 84.9 Å². The zero-order valence-corrected chi connectivity index (χ0v) is 24.5. The maximum Gasteiger partial charge on any atom is 0.152 e. The Morgan fingerprint density at radius 1 is 0.391 bits per heavy atom. The number of ether oxygens (including phenoxy) is 1. The van der Waals surface area contributed by atoms with Crippen LogP contribution in [0.5, 0.6) is 11.5 Å². The van der Waals surface area contributed by atoms with E-state index in [1.54, 1.807) is 0 Å². The quantitative estimate of drug-likeness (QED) is 0.176. The van der Waals surface area contributed by atoms with Crippen molar-refractivity contribution in [1.29, 1.82) is 0 Å². The summed E-state index contributed by atoms with van der Waals surface area (Å²) >= 11 is 0. The van der Waals surface area contributed by atoms with Crippen molar-refractivity contribution >= 4 is 76.5 Å². The lowest BCUT2D eigenvalue weighted by molar-refractivity contribution is 0.476. The predicted octanol–water partition coefficient (Wildman–Crippen LogP) is 11.1. The SMILES string of the molecule is c1ccc2c(c1)Oc1cc(-c3ccc4c5c3c3ccccc3n5c3cccc5c6ccccc6n4c53)cc3c4ccccc4n-2c13. The van der Waals surface area contributed by atoms with Gasteiger partial charge in [0.05, 0.1) is 49.8 Å². The maximum atomic E-state index is 6.69. The molecule has 7 aromatic carbocycles. The van der Waals surface area contributed by atoms with Crippen molar-refractivity contribution in [3.8, 4) is 28.3 Å². The highest BCUT2D eigenvalue weighted by atomic mass is 16.5. The molecule has 5 heterocycles. The molecule has 0 unspecified atom stereocenters. The van der Waals surface area contributed by atoms with Crippen molar-refractivity contribution in [3.63, 3.8) is 0 Å². The summed E-state index contributed by atoms with van der Waals surface area (Å²) in [7, 11) is 0. The maximum absolute atomic E-state index is 6.69. The summed E-state index contributed by atoms with van der Waals surface area (Å²) < 4.78 is 14.0. The van der Waals surface area contributed by atoms with Gasteiger partial charge in [-0.3, -0.25) is 0 Å². The monoisotopic (exact) mass is 585 g/mol. The van der Waals surface area contributed by atoms with E-state index in [2.05, 4.69) is 147 Å². The molecule has 4 aromatic heterocycles. The first-order chi connectivity index (χ1) is 22.8. The highest BCUT2D eigenvalue weighted by Crippen LogP contribution is 2.49. The topological polar surface area (TPSA) is 23.0 Å². The van der Waals surface area contributed by atoms with E-state index in [1.165, 1.54) is 76.5 Å². The van der Waals surface area contributed by atoms with Crippen LogP contribution >= 0.6 is 0 Å². The first-order valence-corrected chi connectivity index (χ1v) is 15.8. The molecule has 0 spiro atoms. The Labute approximate surface area is 261 Å². The Morgan fingerprint density at radius 3 is 1.89 bits per heavy atom. The minimum atomic E-state index is 0.876. The number of hydrogen-bond acceptors (Lipinski definition) is 1. The molecule has 4 nitrogen and oxygen atoms in total. The molecule has 1 aliphatic heterocycles. The summed E-state index contributed by atoms with van der Waals surface area (Å²) in [6.07, 6.45) is 0. The van der Waals surface area contributed by atoms with E-state index in [-0.39, 0.29) is 0 Å². The predicted molar refractivity (Wildman–Crippen MR) is 189 cm³/mol. The molecule has 0 N–H and O–H groups in total. The number of para-hydroxylation sites is 6. The van der Waals surface area contributed by atoms with Crippen molar-refractivity contribution in [3.05, 3.63) is 140 Å². The molecular formula is C42H23N3O. The highest BCUT2D eigenvalue weighted by molar-refractivity contribution is 6.25. The molecule has 4 heteroatoms. The van der Waals surface area contributed by atoms with E-state index in [9.17, 15) is 0 Å². The molecule has 0 atom stereocenters. The fraction of sp³-hybridized carbons (Fsp3) is 0. The lowest BCUT2D eigenvalue weighted by Crippen LogP contribution is -2.04. The summed E-state index contributed by atoms with van der Waals surface area (Å²) in [6, 6.07) is 50.7. The number of benzene rings is 7. The van der Waals surface area contributed by atoms with E-state index in [4.69, 9.17) is 4.74 Å². The Hall–Kier alpha value is -6.26. The van der Waals surface area contributed by atoms with E-state index >= 15 is 0 Å². The van der Waals surface area contributed by atoms with Crippen LogP contribution in [-0.4, -0.2) is 13.4 Å². The first kappa shape index (κ1) is 23.2. The van der Waals surface area contributed by atoms with Crippen LogP contribution in [0.4, 0.5) is 0 Å². The molecule has 12 rings (SSSR count). The molecule has 46 heavy (non-hydrogen) atoms. The molecule has 0 amide bonds. The van der Waals surface area contributed by atoms with Crippen LogP contribution in [0.3, 0.4) is 0 Å². The van der Waals surface area contributed by atoms with Gasteiger partial charge in [-0.25, -0.2) is 0 Å². The Morgan fingerprint density at radius 2 is 1.02 bits per heavy atom. The first-order valence-electron chi connectivity index (χ1n) is 15.8. The van der Waals surface area contributed by atoms with Gasteiger partial charge in [-0.15, -0.1) is 0 Å². The van der Waals surface area contributed by atoms with Crippen LogP contribution in [0.25, 0.3) is 93.3 Å². The molecule has 0 saturated carbocycles. The van der Waals surface area contributed by atoms with Gasteiger partial charge in [0, 0.05) is 32.3 Å². The van der Waals surface area contributed by atoms with E-state index in [0.717, 1.165) is 28.3 Å². The van der Waals surface area contributed by atoms with Crippen molar-refractivity contribution in [2.45, 2.75) is 0 Å². The molecule has 212 valence electrons. The van der Waals surface area contributed by atoms with Gasteiger partial charge in [0.15, 0.2) is 11.5 Å². The van der Waals surface area contributed by atoms with Gasteiger partial charge in [0.2, 0.25) is 0 Å². The molecule has 11 aromatic rings. The number of hydrogen-bond donors (Lipinski definition) is 0. The van der Waals surface area contributed by atoms with Crippen LogP contribution in [0, 0.1) is 0 Å². The van der Waals surface area contributed by atoms with Gasteiger partial charge in [0.25, 0.3) is 0 Å². The second-order valence-corrected chi connectivity index (χ2v) is 12.5. The summed E-state index contributed by atoms with van der Waals surface area (Å²) in [4.78, 5) is 0. The van der Waals surface area contributed by atoms with Crippen molar-refractivity contribution in [1.82, 2.24) is 13.4 Å². The lowest BCUT2D eigenvalue weighted by atomic mass is 9.96. The third-order valence-corrected chi connectivity index (χ3v) is 10.3. The Kier molecular flexibility index (Phi) is 3.96. The number of aromatic nitrogens is 3. The average Bonchev–Trinajstić information content (AvgIpc) is 3.76. The van der Waals surface area contributed by atoms with Gasteiger partial charge >= 0.3 is 0 Å². The minimum absolute atomic E-state index is 0.876. The van der Waals surface area contributed by atoms with Crippen molar-refractivity contribution in [2.75, 3.05) is 0 Å². The smallest absolute Gasteiger partial charge is 0.152 e. The summed E-state index contributed by atoms with van der Waals surface area (Å²) in [6.45, 7) is 0. The fourth-order valence-electron chi connectivity index (χ4n) is 8.57. The van der Waals surface area contributed by atoms with Crippen molar-refractivity contribution < 1.29 is 4.74 Å². The third-order valence-electron chi connectivity index (χ3n) is 10.3. The minimum Gasteiger partial charge on any atom is -0.453 e. The summed E-state index contributed by atoms with van der Waals surface area (Å²) in [5.74, 6) is 1.76. The van der Waals surface area contributed by atoms with Crippen LogP contribution in [0.15, 0.2) is 140 Å². The fourth-order valence-corrected chi connectivity index (χ4v) is 8.57. The molecule has 0 aliphatic carbocycles. The van der Waals surface area contributed by atoms with Gasteiger partial charge in [-0.2, -0.15) is 0 Å². The number of rotatable bonds is 1. The molecular weight excluding hydrogens is 562 g/mol. The third kappa shape index (κ3) is 2.57. The Balaban J connectivity index is 1.28. The summed E-state index contributed by atoms with van der Waals surface area (Å²) in [5, 5.41) is 7.52. The van der Waals surface area contributed by atoms with Crippen LogP contribution < -0.4 is 4.74 Å². The summed E-state index contributed by atoms with van der Waals surface area (Å²) in [5.41, 5.74) is 13.1. The van der Waals surface area contributed by atoms with Crippen molar-refractivity contribution in [2.24, 2.45) is 0 Å². The number of fused-ring (bicyclic) bond motifs is 13. The van der Waals surface area contributed by atoms with Gasteiger partial charge in [0.1, 0.15) is 0 Å². The molecule has 1 aliphatic rings. The number of nitrogens with zero attached hydrogens (tertiary/aromatic N) is 3. The second kappa shape index (κ2) is 7.87. The van der Waals surface area contributed by atoms with Gasteiger partial charge < -0.3 is 18.1 Å². The second-order valence-electron chi connectivity index (χ2n) is 12.5. The van der Waals surface area contributed by atoms with E-state index in [1.807, 2.05) is 6.07 Å². The van der Waals surface area contributed by atoms with Crippen LogP contribution in [0.2, 0.25) is 0 Å². The van der Waals surface area contributed by atoms with Gasteiger partial charge in [-0.05, 0) is 65.7 Å². The zero-order valence-electron chi connectivity index (χ0n) is 24.5. The zero-order chi connectivity index (χ0) is 29.7. The molecule has 0 radical (unpaired) electrons. The standard InChI is InChI=1S/C42H23N3O/c1-4-14-31-26(10-1)28-13-9-18-35-40(28)44(31)36-21-20-25(39-29-12-3-6-16-33(29)45(35)42(36)39)24-22-30-27-11-2-5-15-32(27)43-34-17-7-8-19-37(34)46-38(23-24)41(30)43/h1-23H. The molecule has 0 saturated heterocycles. The lowest BCUT2D eigenvalue weighted by Gasteiger charge is -2.21. The van der Waals surface area contributed by atoms with E-state index in [0.29, 0.717) is 0 Å². The van der Waals surface area contributed by atoms with Crippen LogP contribution in [0.1, 0.15) is 0 Å². The highest BCUT2D eigenvalue weighted by Gasteiger charge is 2.27. The van der Waals surface area contributed by atoms with E-state index < -0.39 is 0 Å². The molecule has 0 bridgehead atoms. The normalized spacial score (nSPS) is 13.0. The Bertz CT molecular complexity index is 3120. The van der Waals surface area contributed by atoms with Crippen LogP contribution in [-0.2, 0) is 0 Å². The molecule has 0 fully saturated rings.